The summed E-state index contributed by atoms with van der Waals surface area (Å²) in [5.41, 5.74) is 2.75. The van der Waals surface area contributed by atoms with Gasteiger partial charge in [0, 0.05) is 23.8 Å². The largest absolute Gasteiger partial charge is 0.392 e. The van der Waals surface area contributed by atoms with Crippen molar-refractivity contribution in [2.45, 2.75) is 25.4 Å². The van der Waals surface area contributed by atoms with E-state index in [0.29, 0.717) is 11.6 Å². The molecule has 1 atom stereocenters. The molecule has 0 radical (unpaired) electrons. The quantitative estimate of drug-likeness (QED) is 0.657. The number of aliphatic hydroxyl groups excluding tert-OH is 1. The van der Waals surface area contributed by atoms with Gasteiger partial charge in [0.05, 0.1) is 6.10 Å². The van der Waals surface area contributed by atoms with Gasteiger partial charge in [0.25, 0.3) is 0 Å². The van der Waals surface area contributed by atoms with Crippen LogP contribution in [0.15, 0.2) is 48.5 Å². The molecule has 3 N–H and O–H groups in total. The third-order valence-electron chi connectivity index (χ3n) is 4.70. The van der Waals surface area contributed by atoms with E-state index < -0.39 is 0 Å². The first-order valence-corrected chi connectivity index (χ1v) is 9.79. The van der Waals surface area contributed by atoms with Gasteiger partial charge in [0.1, 0.15) is 0 Å². The van der Waals surface area contributed by atoms with Crippen molar-refractivity contribution in [2.24, 2.45) is 0 Å². The number of hydrogen-bond acceptors (Lipinski definition) is 3. The summed E-state index contributed by atoms with van der Waals surface area (Å²) in [4.78, 5) is 14.4. The number of carbonyl (C=O) groups excluding carboxylic acids is 1. The van der Waals surface area contributed by atoms with Crippen LogP contribution < -0.4 is 10.6 Å². The molecule has 0 bridgehead atoms. The number of anilines is 1. The lowest BCUT2D eigenvalue weighted by Gasteiger charge is -2.29. The number of halogens is 1. The van der Waals surface area contributed by atoms with E-state index in [4.69, 9.17) is 11.6 Å². The van der Waals surface area contributed by atoms with Crippen molar-refractivity contribution in [3.63, 3.8) is 0 Å². The molecule has 2 amide bonds. The summed E-state index contributed by atoms with van der Waals surface area (Å²) >= 11 is 6.06. The lowest BCUT2D eigenvalue weighted by molar-refractivity contribution is 0.0703. The second-order valence-electron chi connectivity index (χ2n) is 6.92. The van der Waals surface area contributed by atoms with Gasteiger partial charge >= 0.3 is 6.03 Å². The number of nitrogens with one attached hydrogen (secondary N) is 2. The third kappa shape index (κ3) is 6.24. The van der Waals surface area contributed by atoms with E-state index in [1.165, 1.54) is 0 Å². The molecule has 5 nitrogen and oxygen atoms in total. The lowest BCUT2D eigenvalue weighted by atomic mass is 10.1. The van der Waals surface area contributed by atoms with E-state index >= 15 is 0 Å². The first-order chi connectivity index (χ1) is 13.1. The van der Waals surface area contributed by atoms with E-state index in [1.807, 2.05) is 48.5 Å². The zero-order valence-electron chi connectivity index (χ0n) is 15.3. The number of β-amino-alcohol motifs (C(OH)–C–C–N with tert-alkyl or cyclic N) is 1. The van der Waals surface area contributed by atoms with E-state index in [-0.39, 0.29) is 12.1 Å². The average molecular weight is 388 g/mol. The van der Waals surface area contributed by atoms with Gasteiger partial charge in [-0.2, -0.15) is 0 Å². The molecule has 2 aromatic carbocycles. The Kier molecular flexibility index (Phi) is 7.10. The van der Waals surface area contributed by atoms with Crippen molar-refractivity contribution in [3.05, 3.63) is 53.6 Å². The molecular weight excluding hydrogens is 362 g/mol. The van der Waals surface area contributed by atoms with Crippen LogP contribution in [0.2, 0.25) is 5.02 Å². The molecule has 0 unspecified atom stereocenters. The number of rotatable bonds is 6. The number of aliphatic hydroxyl groups is 1. The standard InChI is InChI=1S/C21H26ClN3O2/c22-18-7-1-5-16(13-18)17-6-2-8-19(14-17)24-21(27)23-10-4-12-25-11-3-9-20(26)15-25/h1-2,5-8,13-14,20,26H,3-4,9-12,15H2,(H2,23,24,27)/t20-/m0/s1. The number of likely N-dealkylation sites (tertiary alicyclic amines) is 1. The third-order valence-corrected chi connectivity index (χ3v) is 4.93. The minimum Gasteiger partial charge on any atom is -0.392 e. The second kappa shape index (κ2) is 9.74. The van der Waals surface area contributed by atoms with Crippen LogP contribution in [0, 0.1) is 0 Å². The van der Waals surface area contributed by atoms with Gasteiger partial charge in [0.2, 0.25) is 0 Å². The predicted molar refractivity (Wildman–Crippen MR) is 110 cm³/mol. The number of nitrogens with zero attached hydrogens (tertiary/aromatic N) is 1. The van der Waals surface area contributed by atoms with Gasteiger partial charge in [-0.3, -0.25) is 0 Å². The van der Waals surface area contributed by atoms with Crippen molar-refractivity contribution in [2.75, 3.05) is 31.5 Å². The van der Waals surface area contributed by atoms with Gasteiger partial charge < -0.3 is 20.6 Å². The number of carbonyl (C=O) groups is 1. The minimum atomic E-state index is -0.211. The highest BCUT2D eigenvalue weighted by Gasteiger charge is 2.16. The van der Waals surface area contributed by atoms with E-state index in [9.17, 15) is 9.90 Å². The summed E-state index contributed by atoms with van der Waals surface area (Å²) in [5, 5.41) is 16.1. The summed E-state index contributed by atoms with van der Waals surface area (Å²) in [6, 6.07) is 15.1. The maximum atomic E-state index is 12.1. The number of urea groups is 1. The van der Waals surface area contributed by atoms with Crippen LogP contribution in [0.4, 0.5) is 10.5 Å². The highest BCUT2D eigenvalue weighted by atomic mass is 35.5. The average Bonchev–Trinajstić information content (AvgIpc) is 2.66. The Bertz CT molecular complexity index is 769. The van der Waals surface area contributed by atoms with Crippen molar-refractivity contribution in [1.29, 1.82) is 0 Å². The van der Waals surface area contributed by atoms with Gasteiger partial charge in [-0.05, 0) is 67.7 Å². The number of amides is 2. The predicted octanol–water partition coefficient (Wildman–Crippen LogP) is 3.98. The fourth-order valence-electron chi connectivity index (χ4n) is 3.36. The van der Waals surface area contributed by atoms with E-state index in [1.54, 1.807) is 0 Å². The molecule has 0 saturated carbocycles. The van der Waals surface area contributed by atoms with Crippen molar-refractivity contribution < 1.29 is 9.90 Å². The summed E-state index contributed by atoms with van der Waals surface area (Å²) in [6.45, 7) is 3.26. The van der Waals surface area contributed by atoms with Crippen LogP contribution in [0.1, 0.15) is 19.3 Å². The molecule has 0 spiro atoms. The number of hydrogen-bond donors (Lipinski definition) is 3. The van der Waals surface area contributed by atoms with Crippen molar-refractivity contribution in [1.82, 2.24) is 10.2 Å². The Balaban J connectivity index is 1.45. The molecule has 1 fully saturated rings. The maximum Gasteiger partial charge on any atom is 0.319 e. The first kappa shape index (κ1) is 19.7. The Morgan fingerprint density at radius 2 is 1.96 bits per heavy atom. The zero-order valence-corrected chi connectivity index (χ0v) is 16.1. The number of benzene rings is 2. The SMILES string of the molecule is O=C(NCCCN1CCC[C@H](O)C1)Nc1cccc(-c2cccc(Cl)c2)c1. The van der Waals surface area contributed by atoms with Gasteiger partial charge in [0.15, 0.2) is 0 Å². The Morgan fingerprint density at radius 3 is 2.74 bits per heavy atom. The van der Waals surface area contributed by atoms with Crippen LogP contribution >= 0.6 is 11.6 Å². The molecule has 144 valence electrons. The zero-order chi connectivity index (χ0) is 19.1. The molecule has 2 aromatic rings. The molecule has 0 aliphatic carbocycles. The Labute approximate surface area is 165 Å². The fraction of sp³-hybridized carbons (Fsp3) is 0.381. The smallest absolute Gasteiger partial charge is 0.319 e. The molecule has 1 aliphatic heterocycles. The molecular formula is C21H26ClN3O2. The maximum absolute atomic E-state index is 12.1. The van der Waals surface area contributed by atoms with E-state index in [0.717, 1.165) is 55.7 Å². The van der Waals surface area contributed by atoms with Crippen LogP contribution in [-0.2, 0) is 0 Å². The topological polar surface area (TPSA) is 64.6 Å². The first-order valence-electron chi connectivity index (χ1n) is 9.41. The highest BCUT2D eigenvalue weighted by Crippen LogP contribution is 2.25. The van der Waals surface area contributed by atoms with Crippen LogP contribution in [0.3, 0.4) is 0 Å². The minimum absolute atomic E-state index is 0.207. The Hall–Kier alpha value is -2.08. The second-order valence-corrected chi connectivity index (χ2v) is 7.36. The molecule has 1 heterocycles. The molecule has 3 rings (SSSR count). The molecule has 0 aromatic heterocycles. The van der Waals surface area contributed by atoms with Gasteiger partial charge in [-0.25, -0.2) is 4.79 Å². The van der Waals surface area contributed by atoms with Crippen LogP contribution in [0.5, 0.6) is 0 Å². The van der Waals surface area contributed by atoms with Gasteiger partial charge in [-0.1, -0.05) is 35.9 Å². The Morgan fingerprint density at radius 1 is 1.19 bits per heavy atom. The van der Waals surface area contributed by atoms with Gasteiger partial charge in [-0.15, -0.1) is 0 Å². The molecule has 1 saturated heterocycles. The lowest BCUT2D eigenvalue weighted by Crippen LogP contribution is -2.40. The molecule has 1 aliphatic rings. The summed E-state index contributed by atoms with van der Waals surface area (Å²) < 4.78 is 0. The highest BCUT2D eigenvalue weighted by molar-refractivity contribution is 6.30. The number of piperidine rings is 1. The van der Waals surface area contributed by atoms with Crippen molar-refractivity contribution >= 4 is 23.3 Å². The normalized spacial score (nSPS) is 17.5. The fourth-order valence-corrected chi connectivity index (χ4v) is 3.55. The summed E-state index contributed by atoms with van der Waals surface area (Å²) in [5.74, 6) is 0. The van der Waals surface area contributed by atoms with Crippen LogP contribution in [0.25, 0.3) is 11.1 Å². The monoisotopic (exact) mass is 387 g/mol. The summed E-state index contributed by atoms with van der Waals surface area (Å²) in [6.07, 6.45) is 2.59. The molecule has 6 heteroatoms. The van der Waals surface area contributed by atoms with Crippen molar-refractivity contribution in [3.8, 4) is 11.1 Å². The summed E-state index contributed by atoms with van der Waals surface area (Å²) in [7, 11) is 0. The van der Waals surface area contributed by atoms with E-state index in [2.05, 4.69) is 15.5 Å². The molecule has 27 heavy (non-hydrogen) atoms. The van der Waals surface area contributed by atoms with Crippen LogP contribution in [-0.4, -0.2) is 48.3 Å².